The summed E-state index contributed by atoms with van der Waals surface area (Å²) in [6, 6.07) is 10.0. The van der Waals surface area contributed by atoms with Crippen molar-refractivity contribution in [1.82, 2.24) is 9.91 Å². The van der Waals surface area contributed by atoms with E-state index in [2.05, 4.69) is 27.5 Å². The summed E-state index contributed by atoms with van der Waals surface area (Å²) in [7, 11) is 0. The number of amides is 1. The molecule has 7 rings (SSSR count). The van der Waals surface area contributed by atoms with E-state index in [1.54, 1.807) is 51.8 Å². The van der Waals surface area contributed by atoms with Gasteiger partial charge in [-0.1, -0.05) is 88.4 Å². The van der Waals surface area contributed by atoms with Gasteiger partial charge in [-0.2, -0.15) is 5.10 Å². The number of phenols is 3. The molecule has 0 spiro atoms. The first-order valence-electron chi connectivity index (χ1n) is 23.2. The second-order valence-corrected chi connectivity index (χ2v) is 18.1. The van der Waals surface area contributed by atoms with E-state index in [0.717, 1.165) is 12.1 Å². The Hall–Kier alpha value is -6.20. The van der Waals surface area contributed by atoms with Crippen LogP contribution in [-0.4, -0.2) is 129 Å². The molecule has 1 fully saturated rings. The van der Waals surface area contributed by atoms with Gasteiger partial charge in [0.25, 0.3) is 11.7 Å². The van der Waals surface area contributed by atoms with Crippen molar-refractivity contribution in [3.8, 4) is 23.0 Å². The molecule has 5 bridgehead atoms. The van der Waals surface area contributed by atoms with Gasteiger partial charge in [0.2, 0.25) is 0 Å². The summed E-state index contributed by atoms with van der Waals surface area (Å²) in [5.74, 6) is -8.42. The highest BCUT2D eigenvalue weighted by atomic mass is 16.7. The van der Waals surface area contributed by atoms with Crippen LogP contribution in [0.5, 0.6) is 23.0 Å². The summed E-state index contributed by atoms with van der Waals surface area (Å²) < 4.78 is 24.1. The zero-order chi connectivity index (χ0) is 49.6. The van der Waals surface area contributed by atoms with E-state index >= 15 is 0 Å². The van der Waals surface area contributed by atoms with Crippen molar-refractivity contribution in [1.29, 1.82) is 0 Å². The molecule has 9 unspecified atom stereocenters. The largest absolute Gasteiger partial charge is 0.507 e. The fourth-order valence-corrected chi connectivity index (χ4v) is 9.06. The number of esters is 1. The molecular formula is C52H66N4O12. The zero-order valence-corrected chi connectivity index (χ0v) is 40.3. The number of nitrogens with one attached hydrogen (secondary N) is 1. The highest BCUT2D eigenvalue weighted by molar-refractivity contribution is 6.23. The predicted octanol–water partition coefficient (Wildman–Crippen LogP) is 6.81. The molecule has 0 saturated carbocycles. The Balaban J connectivity index is 1.43. The lowest BCUT2D eigenvalue weighted by Gasteiger charge is -2.38. The quantitative estimate of drug-likeness (QED) is 0.0592. The Morgan fingerprint density at radius 3 is 2.28 bits per heavy atom. The Bertz CT molecular complexity index is 2490. The van der Waals surface area contributed by atoms with Crippen molar-refractivity contribution < 1.29 is 58.9 Å². The van der Waals surface area contributed by atoms with Gasteiger partial charge in [0.05, 0.1) is 53.0 Å². The predicted molar refractivity (Wildman–Crippen MR) is 260 cm³/mol. The minimum Gasteiger partial charge on any atom is -0.507 e. The molecule has 16 nitrogen and oxygen atoms in total. The van der Waals surface area contributed by atoms with Crippen LogP contribution in [0.1, 0.15) is 82.4 Å². The van der Waals surface area contributed by atoms with E-state index < -0.39 is 88.8 Å². The molecule has 0 aromatic heterocycles. The molecule has 4 aliphatic heterocycles. The third kappa shape index (κ3) is 10.9. The molecule has 4 heterocycles. The van der Waals surface area contributed by atoms with Gasteiger partial charge in [-0.3, -0.25) is 24.3 Å². The number of ketones is 1. The number of ether oxygens (including phenoxy) is 4. The first kappa shape index (κ1) is 51.2. The lowest BCUT2D eigenvalue weighted by Crippen LogP contribution is -2.46. The van der Waals surface area contributed by atoms with E-state index in [1.807, 2.05) is 30.3 Å². The molecule has 0 radical (unpaired) electrons. The minimum absolute atomic E-state index is 0.0527. The van der Waals surface area contributed by atoms with Crippen molar-refractivity contribution in [3.05, 3.63) is 94.8 Å². The molecule has 1 amide bonds. The number of nitrogens with zero attached hydrogens (tertiary/aromatic N) is 3. The number of carbonyl (C=O) groups is 3. The molecule has 16 heteroatoms. The molecule has 0 aliphatic carbocycles. The molecule has 4 aliphatic rings. The molecule has 9 atom stereocenters. The number of hydrogen-bond donors (Lipinski definition) is 6. The minimum atomic E-state index is -2.06. The Morgan fingerprint density at radius 1 is 0.926 bits per heavy atom. The first-order valence-corrected chi connectivity index (χ1v) is 23.2. The summed E-state index contributed by atoms with van der Waals surface area (Å²) in [4.78, 5) is 43.3. The van der Waals surface area contributed by atoms with E-state index in [-0.39, 0.29) is 51.1 Å². The number of fused-ring (bicyclic) bond motifs is 14. The number of piperazine rings is 1. The van der Waals surface area contributed by atoms with Crippen LogP contribution in [0.2, 0.25) is 0 Å². The topological polar surface area (TPSA) is 220 Å². The smallest absolute Gasteiger partial charge is 0.312 e. The maximum atomic E-state index is 14.6. The lowest BCUT2D eigenvalue weighted by molar-refractivity contribution is -0.161. The Morgan fingerprint density at radius 2 is 1.62 bits per heavy atom. The number of rotatable bonds is 8. The number of Topliss-reactive ketones (excluding diaryl/α,β-unsaturated/α-hetero) is 1. The lowest BCUT2D eigenvalue weighted by atomic mass is 9.78. The Kier molecular flexibility index (Phi) is 16.4. The number of aliphatic hydroxyl groups excluding tert-OH is 2. The van der Waals surface area contributed by atoms with E-state index in [4.69, 9.17) is 18.9 Å². The van der Waals surface area contributed by atoms with Gasteiger partial charge in [0.1, 0.15) is 23.4 Å². The second kappa shape index (κ2) is 21.8. The molecule has 68 heavy (non-hydrogen) atoms. The average molecular weight is 939 g/mol. The Labute approximate surface area is 397 Å². The molecule has 1 saturated heterocycles. The van der Waals surface area contributed by atoms with Crippen molar-refractivity contribution in [2.45, 2.75) is 92.5 Å². The number of benzene rings is 3. The molecule has 366 valence electrons. The summed E-state index contributed by atoms with van der Waals surface area (Å²) in [5, 5.41) is 67.8. The van der Waals surface area contributed by atoms with E-state index in [1.165, 1.54) is 52.3 Å². The number of phenolic OH excluding ortho intramolecular Hbond substituents is 3. The monoisotopic (exact) mass is 938 g/mol. The maximum absolute atomic E-state index is 14.6. The molecule has 3 aromatic rings. The van der Waals surface area contributed by atoms with Gasteiger partial charge in [0, 0.05) is 93.4 Å². The van der Waals surface area contributed by atoms with Crippen LogP contribution in [0.25, 0.3) is 16.8 Å². The number of carbonyl (C=O) groups excluding carboxylic acids is 3. The molecule has 3 aromatic carbocycles. The van der Waals surface area contributed by atoms with Gasteiger partial charge in [0.15, 0.2) is 5.75 Å². The maximum Gasteiger partial charge on any atom is 0.312 e. The van der Waals surface area contributed by atoms with Crippen LogP contribution in [0.4, 0.5) is 5.69 Å². The number of hydrogen-bond acceptors (Lipinski definition) is 15. The van der Waals surface area contributed by atoms with E-state index in [9.17, 15) is 39.9 Å². The van der Waals surface area contributed by atoms with E-state index in [0.29, 0.717) is 26.2 Å². The van der Waals surface area contributed by atoms with Crippen LogP contribution in [0.15, 0.2) is 77.6 Å². The van der Waals surface area contributed by atoms with Crippen molar-refractivity contribution in [3.63, 3.8) is 0 Å². The highest BCUT2D eigenvalue weighted by Crippen LogP contribution is 2.55. The highest BCUT2D eigenvalue weighted by Gasteiger charge is 2.50. The second-order valence-electron chi connectivity index (χ2n) is 18.1. The van der Waals surface area contributed by atoms with Crippen molar-refractivity contribution >= 4 is 46.4 Å². The number of aromatic hydroxyl groups is 3. The van der Waals surface area contributed by atoms with Crippen LogP contribution in [0.3, 0.4) is 0 Å². The van der Waals surface area contributed by atoms with Gasteiger partial charge >= 0.3 is 11.8 Å². The van der Waals surface area contributed by atoms with Crippen LogP contribution >= 0.6 is 0 Å². The van der Waals surface area contributed by atoms with Crippen LogP contribution in [0, 0.1) is 30.6 Å². The third-order valence-electron chi connectivity index (χ3n) is 13.3. The van der Waals surface area contributed by atoms with Crippen LogP contribution in [-0.2, 0) is 23.8 Å². The summed E-state index contributed by atoms with van der Waals surface area (Å²) in [6.07, 6.45) is 9.11. The van der Waals surface area contributed by atoms with Crippen LogP contribution < -0.4 is 10.1 Å². The normalized spacial score (nSPS) is 29.5. The third-order valence-corrected chi connectivity index (χ3v) is 13.3. The SMILES string of the molecule is CCOC1/C=C/OC2(C)Oc3c(C)c(O)c4c(O)c(c(C=NN5CCN(C/C=C/c6ccccc6)CC5)c(O)c4c3C2=O)NC(=O)/C(C)=C\C=C\C(C)C(O)C(C)C(O)C(C)C(OC(C)=O)C1C. The van der Waals surface area contributed by atoms with Crippen molar-refractivity contribution in [2.75, 3.05) is 44.6 Å². The number of aliphatic hydroxyl groups is 2. The molecule has 6 N–H and O–H groups in total. The van der Waals surface area contributed by atoms with Gasteiger partial charge in [-0.15, -0.1) is 0 Å². The first-order chi connectivity index (χ1) is 32.3. The number of allylic oxidation sites excluding steroid dienone is 2. The fourth-order valence-electron chi connectivity index (χ4n) is 9.06. The van der Waals surface area contributed by atoms with Gasteiger partial charge < -0.3 is 49.8 Å². The van der Waals surface area contributed by atoms with Gasteiger partial charge in [-0.05, 0) is 32.4 Å². The van der Waals surface area contributed by atoms with Gasteiger partial charge in [-0.25, -0.2) is 0 Å². The standard InChI is InChI=1S/C52H66N4O12/c1-10-65-38-21-27-66-52(9)50(63)41-39-40(45(60)34(7)49(41)68-52)47(62)42(37(46(39)61)28-53-56-25-23-55(24-26-56)22-15-20-36-18-12-11-13-19-36)54-51(64)30(3)17-14-16-29(2)43(58)32(5)44(59)33(6)48(31(38)4)67-35(8)57/h11-21,27-29,31-33,38,43-44,48,58-62H,10,22-26H2,1-9H3,(H,54,64)/b16-14+,20-15+,27-21+,30-17-,53-28?. The zero-order valence-electron chi connectivity index (χ0n) is 40.3. The number of hydrazone groups is 1. The number of anilines is 1. The average Bonchev–Trinajstić information content (AvgIpc) is 3.58. The molecular weight excluding hydrogens is 873 g/mol. The summed E-state index contributed by atoms with van der Waals surface area (Å²) >= 11 is 0. The summed E-state index contributed by atoms with van der Waals surface area (Å²) in [6.45, 7) is 17.8. The fraction of sp³-hybridized carbons (Fsp3) is 0.462. The summed E-state index contributed by atoms with van der Waals surface area (Å²) in [5.41, 5.74) is 0.728. The van der Waals surface area contributed by atoms with Crippen molar-refractivity contribution in [2.24, 2.45) is 28.8 Å².